The molecule has 2 aliphatic rings. The lowest BCUT2D eigenvalue weighted by atomic mass is 10.0. The maximum absolute atomic E-state index is 13.8. The zero-order chi connectivity index (χ0) is 15.8. The molecule has 0 spiro atoms. The second-order valence-corrected chi connectivity index (χ2v) is 6.88. The number of para-hydroxylation sites is 1. The first-order chi connectivity index (χ1) is 11.2. The number of rotatable bonds is 2. The number of carbonyl (C=O) groups is 1. The van der Waals surface area contributed by atoms with Gasteiger partial charge in [0.15, 0.2) is 17.7 Å². The molecule has 3 heterocycles. The average molecular weight is 332 g/mol. The molecule has 2 atom stereocenters. The van der Waals surface area contributed by atoms with E-state index in [-0.39, 0.29) is 17.7 Å². The summed E-state index contributed by atoms with van der Waals surface area (Å²) < 4.78 is 19.4. The molecule has 0 aliphatic carbocycles. The van der Waals surface area contributed by atoms with Crippen LogP contribution in [0.15, 0.2) is 29.8 Å². The zero-order valence-corrected chi connectivity index (χ0v) is 13.4. The van der Waals surface area contributed by atoms with E-state index < -0.39 is 11.9 Å². The number of hydrogen-bond acceptors (Lipinski definition) is 4. The molecule has 0 N–H and O–H groups in total. The smallest absolute Gasteiger partial charge is 0.264 e. The van der Waals surface area contributed by atoms with Gasteiger partial charge in [-0.25, -0.2) is 9.37 Å². The lowest BCUT2D eigenvalue weighted by molar-refractivity contribution is -0.142. The predicted molar refractivity (Wildman–Crippen MR) is 84.9 cm³/mol. The van der Waals surface area contributed by atoms with Crippen LogP contribution in [0.2, 0.25) is 0 Å². The Hall–Kier alpha value is -1.95. The highest BCUT2D eigenvalue weighted by Gasteiger charge is 2.38. The second kappa shape index (κ2) is 5.92. The number of carbonyl (C=O) groups excluding carboxylic acids is 1. The van der Waals surface area contributed by atoms with Crippen LogP contribution in [0.25, 0.3) is 0 Å². The van der Waals surface area contributed by atoms with Crippen LogP contribution in [0.1, 0.15) is 35.9 Å². The van der Waals surface area contributed by atoms with Gasteiger partial charge in [0.05, 0.1) is 6.04 Å². The maximum Gasteiger partial charge on any atom is 0.264 e. The van der Waals surface area contributed by atoms with Gasteiger partial charge in [-0.05, 0) is 25.3 Å². The quantitative estimate of drug-likeness (QED) is 0.847. The van der Waals surface area contributed by atoms with E-state index in [4.69, 9.17) is 4.74 Å². The number of likely N-dealkylation sites (tertiary alicyclic amines) is 1. The van der Waals surface area contributed by atoms with E-state index in [2.05, 4.69) is 4.98 Å². The van der Waals surface area contributed by atoms with Crippen LogP contribution in [-0.4, -0.2) is 28.4 Å². The van der Waals surface area contributed by atoms with E-state index in [0.29, 0.717) is 13.0 Å². The van der Waals surface area contributed by atoms with Crippen LogP contribution < -0.4 is 4.74 Å². The largest absolute Gasteiger partial charge is 0.477 e. The summed E-state index contributed by atoms with van der Waals surface area (Å²) in [5, 5.41) is 2.91. The number of hydrogen-bond donors (Lipinski definition) is 0. The summed E-state index contributed by atoms with van der Waals surface area (Å²) >= 11 is 1.58. The molecule has 2 aliphatic heterocycles. The summed E-state index contributed by atoms with van der Waals surface area (Å²) in [5.74, 6) is -0.220. The van der Waals surface area contributed by atoms with Gasteiger partial charge in [0.2, 0.25) is 0 Å². The highest BCUT2D eigenvalue weighted by Crippen LogP contribution is 2.36. The number of piperidine rings is 1. The summed E-state index contributed by atoms with van der Waals surface area (Å²) in [5.41, 5.74) is 0.770. The van der Waals surface area contributed by atoms with Crippen molar-refractivity contribution in [2.45, 2.75) is 37.8 Å². The van der Waals surface area contributed by atoms with Gasteiger partial charge in [0.25, 0.3) is 5.91 Å². The van der Waals surface area contributed by atoms with E-state index in [9.17, 15) is 9.18 Å². The third kappa shape index (κ3) is 2.61. The minimum atomic E-state index is -0.623. The number of amides is 1. The molecule has 4 rings (SSSR count). The van der Waals surface area contributed by atoms with Gasteiger partial charge in [-0.1, -0.05) is 12.1 Å². The van der Waals surface area contributed by atoms with Crippen molar-refractivity contribution in [1.82, 2.24) is 9.88 Å². The Labute approximate surface area is 137 Å². The summed E-state index contributed by atoms with van der Waals surface area (Å²) in [6, 6.07) is 4.86. The monoisotopic (exact) mass is 332 g/mol. The highest BCUT2D eigenvalue weighted by atomic mass is 32.1. The summed E-state index contributed by atoms with van der Waals surface area (Å²) in [7, 11) is 0. The van der Waals surface area contributed by atoms with Gasteiger partial charge in [0, 0.05) is 30.1 Å². The third-order valence-corrected chi connectivity index (χ3v) is 5.39. The molecule has 1 fully saturated rings. The van der Waals surface area contributed by atoms with Gasteiger partial charge in [-0.3, -0.25) is 4.79 Å². The van der Waals surface area contributed by atoms with Crippen molar-refractivity contribution in [2.75, 3.05) is 6.54 Å². The Morgan fingerprint density at radius 3 is 3.09 bits per heavy atom. The SMILES string of the molecule is O=C([C@H]1Cc2cccc(F)c2O1)N1CCCC[C@H]1c1nccs1. The Bertz CT molecular complexity index is 719. The predicted octanol–water partition coefficient (Wildman–Crippen LogP) is 3.34. The van der Waals surface area contributed by atoms with Gasteiger partial charge < -0.3 is 9.64 Å². The molecule has 6 heteroatoms. The average Bonchev–Trinajstić information content (AvgIpc) is 3.24. The van der Waals surface area contributed by atoms with Crippen molar-refractivity contribution in [3.8, 4) is 5.75 Å². The van der Waals surface area contributed by atoms with Gasteiger partial charge in [0.1, 0.15) is 5.01 Å². The molecular formula is C17H17FN2O2S. The Morgan fingerprint density at radius 2 is 2.30 bits per heavy atom. The van der Waals surface area contributed by atoms with Crippen LogP contribution >= 0.6 is 11.3 Å². The topological polar surface area (TPSA) is 42.4 Å². The van der Waals surface area contributed by atoms with Crippen LogP contribution in [0.5, 0.6) is 5.75 Å². The Kier molecular flexibility index (Phi) is 3.77. The molecule has 1 amide bonds. The fraction of sp³-hybridized carbons (Fsp3) is 0.412. The molecular weight excluding hydrogens is 315 g/mol. The van der Waals surface area contributed by atoms with Crippen LogP contribution in [0, 0.1) is 5.82 Å². The van der Waals surface area contributed by atoms with Crippen LogP contribution in [-0.2, 0) is 11.2 Å². The minimum absolute atomic E-state index is 0.0217. The molecule has 0 saturated carbocycles. The van der Waals surface area contributed by atoms with E-state index in [0.717, 1.165) is 29.8 Å². The first kappa shape index (κ1) is 14.6. The summed E-state index contributed by atoms with van der Waals surface area (Å²) in [6.07, 6.45) is 4.59. The molecule has 0 unspecified atom stereocenters. The van der Waals surface area contributed by atoms with Gasteiger partial charge in [-0.2, -0.15) is 0 Å². The number of nitrogens with zero attached hydrogens (tertiary/aromatic N) is 2. The summed E-state index contributed by atoms with van der Waals surface area (Å²) in [4.78, 5) is 19.2. The Morgan fingerprint density at radius 1 is 1.39 bits per heavy atom. The lowest BCUT2D eigenvalue weighted by Gasteiger charge is -2.35. The molecule has 0 bridgehead atoms. The maximum atomic E-state index is 13.8. The van der Waals surface area contributed by atoms with E-state index in [1.165, 1.54) is 6.07 Å². The zero-order valence-electron chi connectivity index (χ0n) is 12.6. The Balaban J connectivity index is 1.56. The molecule has 1 saturated heterocycles. The lowest BCUT2D eigenvalue weighted by Crippen LogP contribution is -2.45. The number of benzene rings is 1. The second-order valence-electron chi connectivity index (χ2n) is 5.95. The molecule has 4 nitrogen and oxygen atoms in total. The molecule has 2 aromatic rings. The number of fused-ring (bicyclic) bond motifs is 1. The van der Waals surface area contributed by atoms with Gasteiger partial charge in [-0.15, -0.1) is 11.3 Å². The minimum Gasteiger partial charge on any atom is -0.477 e. The van der Waals surface area contributed by atoms with Crippen LogP contribution in [0.4, 0.5) is 4.39 Å². The fourth-order valence-corrected chi connectivity index (χ4v) is 4.19. The van der Waals surface area contributed by atoms with Crippen molar-refractivity contribution in [3.63, 3.8) is 0 Å². The van der Waals surface area contributed by atoms with E-state index >= 15 is 0 Å². The van der Waals surface area contributed by atoms with Crippen molar-refractivity contribution < 1.29 is 13.9 Å². The molecule has 1 aromatic heterocycles. The first-order valence-corrected chi connectivity index (χ1v) is 8.76. The van der Waals surface area contributed by atoms with Crippen LogP contribution in [0.3, 0.4) is 0 Å². The normalized spacial score (nSPS) is 23.4. The van der Waals surface area contributed by atoms with E-state index in [1.807, 2.05) is 16.3 Å². The first-order valence-electron chi connectivity index (χ1n) is 7.88. The van der Waals surface area contributed by atoms with Crippen molar-refractivity contribution in [3.05, 3.63) is 46.2 Å². The summed E-state index contributed by atoms with van der Waals surface area (Å²) in [6.45, 7) is 0.710. The number of thiazole rings is 1. The molecule has 1 aromatic carbocycles. The van der Waals surface area contributed by atoms with Crippen molar-refractivity contribution in [1.29, 1.82) is 0 Å². The molecule has 0 radical (unpaired) electrons. The molecule has 120 valence electrons. The van der Waals surface area contributed by atoms with E-state index in [1.54, 1.807) is 23.6 Å². The van der Waals surface area contributed by atoms with Crippen molar-refractivity contribution in [2.24, 2.45) is 0 Å². The van der Waals surface area contributed by atoms with Crippen molar-refractivity contribution >= 4 is 17.2 Å². The number of ether oxygens (including phenoxy) is 1. The number of aromatic nitrogens is 1. The molecule has 23 heavy (non-hydrogen) atoms. The van der Waals surface area contributed by atoms with Gasteiger partial charge >= 0.3 is 0 Å². The third-order valence-electron chi connectivity index (χ3n) is 4.51. The highest BCUT2D eigenvalue weighted by molar-refractivity contribution is 7.09. The fourth-order valence-electron chi connectivity index (χ4n) is 3.40. The standard InChI is InChI=1S/C17H17FN2O2S/c18-12-5-3-4-11-10-14(22-15(11)12)17(21)20-8-2-1-6-13(20)16-19-7-9-23-16/h3-5,7,9,13-14H,1-2,6,8,10H2/t13-,14+/m0/s1. The number of halogens is 1.